The molecule has 3 aromatic rings. The van der Waals surface area contributed by atoms with E-state index in [0.29, 0.717) is 11.7 Å². The van der Waals surface area contributed by atoms with Crippen molar-refractivity contribution in [2.24, 2.45) is 0 Å². The smallest absolute Gasteiger partial charge is 0.282 e. The van der Waals surface area contributed by atoms with Gasteiger partial charge in [-0.3, -0.25) is 0 Å². The van der Waals surface area contributed by atoms with Crippen molar-refractivity contribution in [1.29, 1.82) is 0 Å². The number of nitrogens with one attached hydrogen (secondary N) is 1. The Morgan fingerprint density at radius 1 is 1.12 bits per heavy atom. The number of nitrogens with zero attached hydrogens (tertiary/aromatic N) is 5. The highest BCUT2D eigenvalue weighted by atomic mass is 79.9. The van der Waals surface area contributed by atoms with Crippen molar-refractivity contribution in [3.05, 3.63) is 53.1 Å². The summed E-state index contributed by atoms with van der Waals surface area (Å²) in [6.07, 6.45) is 3.56. The van der Waals surface area contributed by atoms with Crippen molar-refractivity contribution in [3.63, 3.8) is 0 Å². The fraction of sp³-hybridized carbons (Fsp3) is 0.294. The molecule has 1 aliphatic rings. The van der Waals surface area contributed by atoms with Crippen molar-refractivity contribution in [3.8, 4) is 11.4 Å². The van der Waals surface area contributed by atoms with E-state index in [9.17, 15) is 0 Å². The highest BCUT2D eigenvalue weighted by Gasteiger charge is 2.23. The summed E-state index contributed by atoms with van der Waals surface area (Å²) in [7, 11) is 0. The number of halogens is 1. The molecule has 0 aliphatic carbocycles. The van der Waals surface area contributed by atoms with Crippen LogP contribution in [0.3, 0.4) is 0 Å². The number of rotatable bonds is 4. The average molecular weight is 402 g/mol. The van der Waals surface area contributed by atoms with Gasteiger partial charge in [-0.25, -0.2) is 9.97 Å². The van der Waals surface area contributed by atoms with Crippen LogP contribution in [0, 0.1) is 0 Å². The van der Waals surface area contributed by atoms with Crippen LogP contribution in [0.5, 0.6) is 0 Å². The summed E-state index contributed by atoms with van der Waals surface area (Å²) in [5.41, 5.74) is 0.949. The SMILES string of the molecule is Brc1cccc(-c2noc(C[NH+]3CCN(c4ncccn4)CC3)n2)c1. The van der Waals surface area contributed by atoms with Gasteiger partial charge in [0.05, 0.1) is 26.2 Å². The summed E-state index contributed by atoms with van der Waals surface area (Å²) in [5.74, 6) is 2.11. The Kier molecular flexibility index (Phi) is 4.71. The molecule has 1 fully saturated rings. The zero-order valence-corrected chi connectivity index (χ0v) is 15.2. The van der Waals surface area contributed by atoms with Crippen LogP contribution in [0.4, 0.5) is 5.95 Å². The number of quaternary nitrogens is 1. The molecule has 128 valence electrons. The van der Waals surface area contributed by atoms with Crippen LogP contribution in [0.25, 0.3) is 11.4 Å². The third-order valence-corrected chi connectivity index (χ3v) is 4.75. The quantitative estimate of drug-likeness (QED) is 0.707. The summed E-state index contributed by atoms with van der Waals surface area (Å²) in [6.45, 7) is 4.57. The number of hydrogen-bond acceptors (Lipinski definition) is 6. The highest BCUT2D eigenvalue weighted by molar-refractivity contribution is 9.10. The Bertz CT molecular complexity index is 832. The van der Waals surface area contributed by atoms with E-state index in [1.54, 1.807) is 12.4 Å². The lowest BCUT2D eigenvalue weighted by molar-refractivity contribution is -0.915. The van der Waals surface area contributed by atoms with E-state index < -0.39 is 0 Å². The van der Waals surface area contributed by atoms with E-state index >= 15 is 0 Å². The number of hydrogen-bond donors (Lipinski definition) is 1. The summed E-state index contributed by atoms with van der Waals surface area (Å²) < 4.78 is 6.44. The standard InChI is InChI=1S/C17H17BrN6O/c18-14-4-1-3-13(11-14)16-21-15(25-22-16)12-23-7-9-24(10-8-23)17-19-5-2-6-20-17/h1-6,11H,7-10,12H2/p+1. The fourth-order valence-electron chi connectivity index (χ4n) is 2.94. The van der Waals surface area contributed by atoms with E-state index in [-0.39, 0.29) is 0 Å². The van der Waals surface area contributed by atoms with E-state index in [1.165, 1.54) is 4.90 Å². The first-order chi connectivity index (χ1) is 12.3. The molecular weight excluding hydrogens is 384 g/mol. The van der Waals surface area contributed by atoms with Crippen LogP contribution in [0.15, 0.2) is 51.7 Å². The van der Waals surface area contributed by atoms with E-state index in [0.717, 1.165) is 48.7 Å². The fourth-order valence-corrected chi connectivity index (χ4v) is 3.34. The van der Waals surface area contributed by atoms with Crippen LogP contribution in [-0.4, -0.2) is 46.3 Å². The maximum atomic E-state index is 5.44. The molecule has 0 bridgehead atoms. The summed E-state index contributed by atoms with van der Waals surface area (Å²) in [6, 6.07) is 9.74. The van der Waals surface area contributed by atoms with Gasteiger partial charge in [0.15, 0.2) is 6.54 Å². The molecule has 4 rings (SSSR count). The molecule has 0 unspecified atom stereocenters. The van der Waals surface area contributed by atoms with Crippen molar-refractivity contribution in [2.75, 3.05) is 31.1 Å². The van der Waals surface area contributed by atoms with Crippen LogP contribution in [0.2, 0.25) is 0 Å². The van der Waals surface area contributed by atoms with Gasteiger partial charge >= 0.3 is 0 Å². The number of benzene rings is 1. The Labute approximate surface area is 153 Å². The van der Waals surface area contributed by atoms with Crippen LogP contribution >= 0.6 is 15.9 Å². The Morgan fingerprint density at radius 2 is 1.92 bits per heavy atom. The van der Waals surface area contributed by atoms with Crippen LogP contribution < -0.4 is 9.80 Å². The lowest BCUT2D eigenvalue weighted by Crippen LogP contribution is -3.13. The van der Waals surface area contributed by atoms with Gasteiger partial charge in [0.2, 0.25) is 11.8 Å². The molecule has 3 heterocycles. The molecule has 0 amide bonds. The Morgan fingerprint density at radius 3 is 2.68 bits per heavy atom. The van der Waals surface area contributed by atoms with E-state index in [1.807, 2.05) is 30.3 Å². The summed E-state index contributed by atoms with van der Waals surface area (Å²) in [4.78, 5) is 16.8. The van der Waals surface area contributed by atoms with Crippen molar-refractivity contribution in [1.82, 2.24) is 20.1 Å². The number of piperazine rings is 1. The minimum absolute atomic E-state index is 0.632. The predicted octanol–water partition coefficient (Wildman–Crippen LogP) is 1.19. The third-order valence-electron chi connectivity index (χ3n) is 4.26. The van der Waals surface area contributed by atoms with E-state index in [2.05, 4.69) is 40.9 Å². The number of aromatic nitrogens is 4. The molecule has 8 heteroatoms. The van der Waals surface area contributed by atoms with Crippen molar-refractivity contribution in [2.45, 2.75) is 6.54 Å². The first kappa shape index (κ1) is 16.2. The Balaban J connectivity index is 1.36. The van der Waals surface area contributed by atoms with Gasteiger partial charge in [-0.05, 0) is 18.2 Å². The second kappa shape index (κ2) is 7.28. The largest absolute Gasteiger partial charge is 0.333 e. The lowest BCUT2D eigenvalue weighted by Gasteiger charge is -2.31. The monoisotopic (exact) mass is 401 g/mol. The maximum absolute atomic E-state index is 5.44. The predicted molar refractivity (Wildman–Crippen MR) is 96.1 cm³/mol. The van der Waals surface area contributed by atoms with Gasteiger partial charge in [0.25, 0.3) is 5.89 Å². The Hall–Kier alpha value is -2.32. The summed E-state index contributed by atoms with van der Waals surface area (Å²) in [5, 5.41) is 4.10. The first-order valence-electron chi connectivity index (χ1n) is 8.22. The lowest BCUT2D eigenvalue weighted by atomic mass is 10.2. The minimum Gasteiger partial charge on any atom is -0.333 e. The maximum Gasteiger partial charge on any atom is 0.282 e. The zero-order chi connectivity index (χ0) is 17.1. The molecule has 1 N–H and O–H groups in total. The first-order valence-corrected chi connectivity index (χ1v) is 9.01. The molecule has 1 aromatic carbocycles. The molecule has 0 atom stereocenters. The normalized spacial score (nSPS) is 15.5. The van der Waals surface area contributed by atoms with Crippen molar-refractivity contribution >= 4 is 21.9 Å². The highest BCUT2D eigenvalue weighted by Crippen LogP contribution is 2.20. The van der Waals surface area contributed by atoms with Crippen molar-refractivity contribution < 1.29 is 9.42 Å². The molecule has 0 radical (unpaired) electrons. The minimum atomic E-state index is 0.632. The number of anilines is 1. The molecule has 1 saturated heterocycles. The van der Waals surface area contributed by atoms with Crippen LogP contribution in [-0.2, 0) is 6.54 Å². The molecule has 0 saturated carbocycles. The van der Waals surface area contributed by atoms with Gasteiger partial charge in [-0.1, -0.05) is 33.2 Å². The molecule has 25 heavy (non-hydrogen) atoms. The molecule has 2 aromatic heterocycles. The molecular formula is C17H18BrN6O+. The molecule has 1 aliphatic heterocycles. The second-order valence-electron chi connectivity index (χ2n) is 5.98. The molecule has 0 spiro atoms. The molecule has 7 nitrogen and oxygen atoms in total. The van der Waals surface area contributed by atoms with Gasteiger partial charge in [0, 0.05) is 22.4 Å². The second-order valence-corrected chi connectivity index (χ2v) is 6.90. The third kappa shape index (κ3) is 3.85. The van der Waals surface area contributed by atoms with Crippen LogP contribution in [0.1, 0.15) is 5.89 Å². The van der Waals surface area contributed by atoms with Gasteiger partial charge in [0.1, 0.15) is 0 Å². The zero-order valence-electron chi connectivity index (χ0n) is 13.6. The van der Waals surface area contributed by atoms with Gasteiger partial charge in [-0.15, -0.1) is 0 Å². The van der Waals surface area contributed by atoms with E-state index in [4.69, 9.17) is 4.52 Å². The average Bonchev–Trinajstić information content (AvgIpc) is 3.12. The summed E-state index contributed by atoms with van der Waals surface area (Å²) >= 11 is 3.47. The topological polar surface area (TPSA) is 72.4 Å². The van der Waals surface area contributed by atoms with Gasteiger partial charge < -0.3 is 14.3 Å². The van der Waals surface area contributed by atoms with Gasteiger partial charge in [-0.2, -0.15) is 4.98 Å².